The van der Waals surface area contributed by atoms with Gasteiger partial charge in [0.1, 0.15) is 5.75 Å². The fourth-order valence-electron chi connectivity index (χ4n) is 0.892. The predicted molar refractivity (Wildman–Crippen MR) is 59.2 cm³/mol. The Balaban J connectivity index is 2.51. The molecule has 0 bridgehead atoms. The molecule has 0 amide bonds. The molecule has 0 radical (unpaired) electrons. The molecule has 0 spiro atoms. The Labute approximate surface area is 84.2 Å². The lowest BCUT2D eigenvalue weighted by Gasteiger charge is -2.17. The summed E-state index contributed by atoms with van der Waals surface area (Å²) in [5.74, 6) is 1.34. The van der Waals surface area contributed by atoms with E-state index >= 15 is 0 Å². The van der Waals surface area contributed by atoms with Crippen LogP contribution in [0.5, 0.6) is 5.75 Å². The summed E-state index contributed by atoms with van der Waals surface area (Å²) in [7, 11) is 0. The molecule has 72 valence electrons. The Morgan fingerprint density at radius 2 is 1.69 bits per heavy atom. The van der Waals surface area contributed by atoms with E-state index in [2.05, 4.69) is 20.8 Å². The first-order valence-electron chi connectivity index (χ1n) is 4.39. The van der Waals surface area contributed by atoms with Crippen molar-refractivity contribution >= 4 is 11.8 Å². The first-order valence-corrected chi connectivity index (χ1v) is 5.38. The number of rotatable bonds is 2. The molecule has 13 heavy (non-hydrogen) atoms. The molecule has 0 unspecified atom stereocenters. The van der Waals surface area contributed by atoms with Crippen molar-refractivity contribution in [2.24, 2.45) is 0 Å². The average Bonchev–Trinajstić information content (AvgIpc) is 2.02. The highest BCUT2D eigenvalue weighted by Gasteiger charge is 2.09. The maximum absolute atomic E-state index is 9.08. The standard InChI is InChI=1S/C11H16OS/c1-11(2,3)13-8-9-4-6-10(12)7-5-9/h4-7,12H,8H2,1-3H3. The van der Waals surface area contributed by atoms with Crippen LogP contribution in [0.1, 0.15) is 26.3 Å². The van der Waals surface area contributed by atoms with Gasteiger partial charge in [-0.3, -0.25) is 0 Å². The summed E-state index contributed by atoms with van der Waals surface area (Å²) in [6, 6.07) is 7.40. The largest absolute Gasteiger partial charge is 0.508 e. The molecule has 0 aromatic heterocycles. The van der Waals surface area contributed by atoms with Crippen LogP contribution < -0.4 is 0 Å². The minimum absolute atomic E-state index is 0.303. The minimum atomic E-state index is 0.303. The van der Waals surface area contributed by atoms with E-state index < -0.39 is 0 Å². The molecule has 0 aliphatic rings. The zero-order valence-electron chi connectivity index (χ0n) is 8.37. The Morgan fingerprint density at radius 3 is 2.15 bits per heavy atom. The van der Waals surface area contributed by atoms with Crippen LogP contribution >= 0.6 is 11.8 Å². The van der Waals surface area contributed by atoms with E-state index in [1.54, 1.807) is 12.1 Å². The van der Waals surface area contributed by atoms with Crippen molar-refractivity contribution in [3.8, 4) is 5.75 Å². The molecule has 1 nitrogen and oxygen atoms in total. The predicted octanol–water partition coefficient (Wildman–Crippen LogP) is 3.42. The quantitative estimate of drug-likeness (QED) is 0.782. The lowest BCUT2D eigenvalue weighted by molar-refractivity contribution is 0.475. The Morgan fingerprint density at radius 1 is 1.15 bits per heavy atom. The lowest BCUT2D eigenvalue weighted by atomic mass is 10.2. The average molecular weight is 196 g/mol. The fraction of sp³-hybridized carbons (Fsp3) is 0.455. The van der Waals surface area contributed by atoms with Crippen molar-refractivity contribution < 1.29 is 5.11 Å². The minimum Gasteiger partial charge on any atom is -0.508 e. The fourth-order valence-corrected chi connectivity index (χ4v) is 1.68. The molecule has 0 heterocycles. The van der Waals surface area contributed by atoms with Gasteiger partial charge in [0.05, 0.1) is 0 Å². The van der Waals surface area contributed by atoms with E-state index in [0.717, 1.165) is 5.75 Å². The summed E-state index contributed by atoms with van der Waals surface area (Å²) >= 11 is 1.91. The van der Waals surface area contributed by atoms with Crippen LogP contribution in [0.2, 0.25) is 0 Å². The van der Waals surface area contributed by atoms with Gasteiger partial charge in [-0.25, -0.2) is 0 Å². The number of hydrogen-bond donors (Lipinski definition) is 1. The molecule has 1 N–H and O–H groups in total. The molecular weight excluding hydrogens is 180 g/mol. The molecule has 0 atom stereocenters. The number of thioether (sulfide) groups is 1. The molecule has 0 saturated heterocycles. The van der Waals surface area contributed by atoms with Crippen molar-refractivity contribution in [3.63, 3.8) is 0 Å². The van der Waals surface area contributed by atoms with Gasteiger partial charge < -0.3 is 5.11 Å². The van der Waals surface area contributed by atoms with Gasteiger partial charge in [0.15, 0.2) is 0 Å². The van der Waals surface area contributed by atoms with E-state index in [0.29, 0.717) is 10.5 Å². The third-order valence-electron chi connectivity index (χ3n) is 1.61. The van der Waals surface area contributed by atoms with Crippen LogP contribution in [0, 0.1) is 0 Å². The van der Waals surface area contributed by atoms with Gasteiger partial charge >= 0.3 is 0 Å². The van der Waals surface area contributed by atoms with Gasteiger partial charge in [0.2, 0.25) is 0 Å². The molecule has 0 fully saturated rings. The third-order valence-corrected chi connectivity index (χ3v) is 2.95. The first kappa shape index (κ1) is 10.5. The summed E-state index contributed by atoms with van der Waals surface area (Å²) < 4.78 is 0.303. The maximum atomic E-state index is 9.08. The van der Waals surface area contributed by atoms with Crippen LogP contribution in [0.25, 0.3) is 0 Å². The van der Waals surface area contributed by atoms with Crippen molar-refractivity contribution in [1.29, 1.82) is 0 Å². The monoisotopic (exact) mass is 196 g/mol. The van der Waals surface area contributed by atoms with Gasteiger partial charge in [0, 0.05) is 10.5 Å². The summed E-state index contributed by atoms with van der Waals surface area (Å²) in [6.45, 7) is 6.62. The Bertz CT molecular complexity index is 258. The molecule has 0 aliphatic heterocycles. The summed E-state index contributed by atoms with van der Waals surface area (Å²) in [5, 5.41) is 9.08. The van der Waals surface area contributed by atoms with E-state index in [9.17, 15) is 0 Å². The second kappa shape index (κ2) is 4.05. The van der Waals surface area contributed by atoms with E-state index in [1.807, 2.05) is 23.9 Å². The van der Waals surface area contributed by atoms with E-state index in [4.69, 9.17) is 5.11 Å². The van der Waals surface area contributed by atoms with Crippen molar-refractivity contribution in [3.05, 3.63) is 29.8 Å². The number of phenols is 1. The van der Waals surface area contributed by atoms with Gasteiger partial charge in [-0.15, -0.1) is 0 Å². The van der Waals surface area contributed by atoms with Gasteiger partial charge in [-0.2, -0.15) is 11.8 Å². The second-order valence-corrected chi connectivity index (χ2v) is 5.87. The highest BCUT2D eigenvalue weighted by atomic mass is 32.2. The van der Waals surface area contributed by atoms with Crippen LogP contribution in [-0.2, 0) is 5.75 Å². The van der Waals surface area contributed by atoms with Crippen molar-refractivity contribution in [1.82, 2.24) is 0 Å². The Hall–Kier alpha value is -0.630. The SMILES string of the molecule is CC(C)(C)SCc1ccc(O)cc1. The summed E-state index contributed by atoms with van der Waals surface area (Å²) in [5.41, 5.74) is 1.26. The topological polar surface area (TPSA) is 20.2 Å². The molecule has 1 rings (SSSR count). The van der Waals surface area contributed by atoms with Crippen molar-refractivity contribution in [2.45, 2.75) is 31.3 Å². The summed E-state index contributed by atoms with van der Waals surface area (Å²) in [6.07, 6.45) is 0. The van der Waals surface area contributed by atoms with Crippen LogP contribution in [0.3, 0.4) is 0 Å². The zero-order chi connectivity index (χ0) is 9.90. The van der Waals surface area contributed by atoms with Crippen LogP contribution in [0.4, 0.5) is 0 Å². The molecule has 1 aromatic carbocycles. The smallest absolute Gasteiger partial charge is 0.115 e. The Kier molecular flexibility index (Phi) is 3.26. The van der Waals surface area contributed by atoms with E-state index in [-0.39, 0.29) is 0 Å². The normalized spacial score (nSPS) is 11.6. The number of benzene rings is 1. The molecular formula is C11H16OS. The van der Waals surface area contributed by atoms with E-state index in [1.165, 1.54) is 5.56 Å². The number of phenolic OH excluding ortho intramolecular Hbond substituents is 1. The lowest BCUT2D eigenvalue weighted by Crippen LogP contribution is -2.07. The summed E-state index contributed by atoms with van der Waals surface area (Å²) in [4.78, 5) is 0. The maximum Gasteiger partial charge on any atom is 0.115 e. The second-order valence-electron chi connectivity index (χ2n) is 4.07. The molecule has 1 aromatic rings. The van der Waals surface area contributed by atoms with Crippen LogP contribution in [-0.4, -0.2) is 9.85 Å². The molecule has 2 heteroatoms. The molecule has 0 saturated carbocycles. The number of aromatic hydroxyl groups is 1. The van der Waals surface area contributed by atoms with Crippen LogP contribution in [0.15, 0.2) is 24.3 Å². The highest BCUT2D eigenvalue weighted by molar-refractivity contribution is 7.99. The number of hydrogen-bond acceptors (Lipinski definition) is 2. The van der Waals surface area contributed by atoms with Gasteiger partial charge in [-0.05, 0) is 17.7 Å². The highest BCUT2D eigenvalue weighted by Crippen LogP contribution is 2.27. The molecule has 0 aliphatic carbocycles. The first-order chi connectivity index (χ1) is 5.97. The third kappa shape index (κ3) is 4.23. The van der Waals surface area contributed by atoms with Gasteiger partial charge in [-0.1, -0.05) is 32.9 Å². The van der Waals surface area contributed by atoms with Gasteiger partial charge in [0.25, 0.3) is 0 Å². The zero-order valence-corrected chi connectivity index (χ0v) is 9.19. The van der Waals surface area contributed by atoms with Crippen molar-refractivity contribution in [2.75, 3.05) is 0 Å².